The Morgan fingerprint density at radius 3 is 2.76 bits per heavy atom. The third-order valence-corrected chi connectivity index (χ3v) is 7.45. The predicted molar refractivity (Wildman–Crippen MR) is 137 cm³/mol. The zero-order chi connectivity index (χ0) is 24.5. The number of nitrogens with one attached hydrogen (secondary N) is 1. The van der Waals surface area contributed by atoms with E-state index in [0.717, 1.165) is 10.7 Å². The Morgan fingerprint density at radius 2 is 2.06 bits per heavy atom. The molecule has 11 heteroatoms. The minimum atomic E-state index is -0.428. The highest BCUT2D eigenvalue weighted by atomic mass is 32.2. The van der Waals surface area contributed by atoms with Gasteiger partial charge in [0.05, 0.1) is 29.7 Å². The van der Waals surface area contributed by atoms with Crippen LogP contribution in [0, 0.1) is 6.92 Å². The van der Waals surface area contributed by atoms with Crippen molar-refractivity contribution >= 4 is 51.9 Å². The number of nitrogens with zero attached hydrogens (tertiary/aromatic N) is 4. The molecule has 3 rings (SSSR count). The van der Waals surface area contributed by atoms with Gasteiger partial charge >= 0.3 is 5.97 Å². The van der Waals surface area contributed by atoms with Crippen molar-refractivity contribution in [2.24, 2.45) is 0 Å². The van der Waals surface area contributed by atoms with Gasteiger partial charge in [0, 0.05) is 16.8 Å². The Bertz CT molecular complexity index is 1130. The van der Waals surface area contributed by atoms with Crippen LogP contribution in [0.5, 0.6) is 0 Å². The van der Waals surface area contributed by atoms with Gasteiger partial charge in [-0.25, -0.2) is 4.98 Å². The van der Waals surface area contributed by atoms with E-state index in [1.165, 1.54) is 28.7 Å². The van der Waals surface area contributed by atoms with E-state index >= 15 is 0 Å². The second-order valence-electron chi connectivity index (χ2n) is 7.27. The molecule has 0 aliphatic rings. The lowest BCUT2D eigenvalue weighted by atomic mass is 10.2. The molecule has 3 aromatic rings. The first-order chi connectivity index (χ1) is 16.4. The number of amides is 1. The summed E-state index contributed by atoms with van der Waals surface area (Å²) >= 11 is 4.29. The van der Waals surface area contributed by atoms with Crippen LogP contribution in [0.25, 0.3) is 0 Å². The summed E-state index contributed by atoms with van der Waals surface area (Å²) in [6.07, 6.45) is 1.87. The molecule has 0 spiro atoms. The van der Waals surface area contributed by atoms with Crippen molar-refractivity contribution < 1.29 is 14.3 Å². The second kappa shape index (κ2) is 12.7. The molecule has 2 aromatic heterocycles. The van der Waals surface area contributed by atoms with Gasteiger partial charge in [0.15, 0.2) is 10.3 Å². The molecule has 0 radical (unpaired) electrons. The molecule has 180 valence electrons. The maximum Gasteiger partial charge on any atom is 0.311 e. The molecule has 34 heavy (non-hydrogen) atoms. The molecule has 0 fully saturated rings. The first-order valence-corrected chi connectivity index (χ1v) is 13.4. The quantitative estimate of drug-likeness (QED) is 0.209. The number of rotatable bonds is 12. The molecule has 0 aliphatic carbocycles. The van der Waals surface area contributed by atoms with Crippen LogP contribution in [0.3, 0.4) is 0 Å². The molecule has 1 N–H and O–H groups in total. The van der Waals surface area contributed by atoms with Gasteiger partial charge in [0.2, 0.25) is 5.91 Å². The summed E-state index contributed by atoms with van der Waals surface area (Å²) in [5.74, 6) is 0.940. The van der Waals surface area contributed by atoms with Crippen molar-refractivity contribution in [1.82, 2.24) is 19.7 Å². The monoisotopic (exact) mass is 517 g/mol. The second-order valence-corrected chi connectivity index (χ2v) is 10.5. The van der Waals surface area contributed by atoms with E-state index in [0.29, 0.717) is 34.9 Å². The van der Waals surface area contributed by atoms with Gasteiger partial charge in [0.1, 0.15) is 5.82 Å². The maximum absolute atomic E-state index is 12.7. The SMILES string of the molecule is C=CCn1c(CSc2ccc(C)cc2)nnc1SC(C)C(=O)Nc1nc(CC(=O)OCC)cs1. The van der Waals surface area contributed by atoms with Crippen LogP contribution in [0.15, 0.2) is 52.4 Å². The number of ether oxygens (including phenoxy) is 1. The Balaban J connectivity index is 1.60. The Labute approximate surface area is 211 Å². The van der Waals surface area contributed by atoms with Crippen LogP contribution in [0.4, 0.5) is 5.13 Å². The third-order valence-electron chi connectivity index (χ3n) is 4.56. The van der Waals surface area contributed by atoms with Gasteiger partial charge in [-0.2, -0.15) is 0 Å². The van der Waals surface area contributed by atoms with Crippen LogP contribution < -0.4 is 5.32 Å². The number of thiazole rings is 1. The molecule has 1 amide bonds. The fraction of sp³-hybridized carbons (Fsp3) is 0.348. The number of hydrogen-bond donors (Lipinski definition) is 1. The lowest BCUT2D eigenvalue weighted by Gasteiger charge is -2.12. The topological polar surface area (TPSA) is 99.0 Å². The highest BCUT2D eigenvalue weighted by molar-refractivity contribution is 8.00. The van der Waals surface area contributed by atoms with Crippen molar-refractivity contribution in [3.63, 3.8) is 0 Å². The highest BCUT2D eigenvalue weighted by Crippen LogP contribution is 2.28. The van der Waals surface area contributed by atoms with Gasteiger partial charge < -0.3 is 14.6 Å². The van der Waals surface area contributed by atoms with Gasteiger partial charge in [-0.15, -0.1) is 39.9 Å². The van der Waals surface area contributed by atoms with Gasteiger partial charge in [-0.1, -0.05) is 35.5 Å². The number of carbonyl (C=O) groups excluding carboxylic acids is 2. The van der Waals surface area contributed by atoms with E-state index in [9.17, 15) is 9.59 Å². The fourth-order valence-electron chi connectivity index (χ4n) is 2.83. The summed E-state index contributed by atoms with van der Waals surface area (Å²) in [6.45, 7) is 10.3. The Hall–Kier alpha value is -2.63. The lowest BCUT2D eigenvalue weighted by molar-refractivity contribution is -0.142. The largest absolute Gasteiger partial charge is 0.466 e. The molecule has 0 bridgehead atoms. The molecule has 1 atom stereocenters. The number of aryl methyl sites for hydroxylation is 1. The summed E-state index contributed by atoms with van der Waals surface area (Å²) < 4.78 is 6.91. The van der Waals surface area contributed by atoms with E-state index in [1.807, 2.05) is 4.57 Å². The number of anilines is 1. The van der Waals surface area contributed by atoms with Crippen LogP contribution >= 0.6 is 34.9 Å². The highest BCUT2D eigenvalue weighted by Gasteiger charge is 2.21. The first kappa shape index (κ1) is 26.0. The van der Waals surface area contributed by atoms with Crippen molar-refractivity contribution in [3.05, 3.63) is 59.4 Å². The normalized spacial score (nSPS) is 11.7. The number of allylic oxidation sites excluding steroid dienone is 1. The average molecular weight is 518 g/mol. The summed E-state index contributed by atoms with van der Waals surface area (Å²) in [6, 6.07) is 8.35. The molecular formula is C23H27N5O3S3. The minimum absolute atomic E-state index is 0.0819. The summed E-state index contributed by atoms with van der Waals surface area (Å²) in [5, 5.41) is 13.9. The van der Waals surface area contributed by atoms with E-state index in [4.69, 9.17) is 4.74 Å². The van der Waals surface area contributed by atoms with E-state index < -0.39 is 5.25 Å². The molecular weight excluding hydrogens is 490 g/mol. The van der Waals surface area contributed by atoms with Crippen LogP contribution in [-0.4, -0.2) is 43.5 Å². The molecule has 1 aromatic carbocycles. The standard InChI is InChI=1S/C23H27N5O3S3/c1-5-11-28-19(14-32-18-9-7-15(3)8-10-18)26-27-23(28)34-16(4)21(30)25-22-24-17(13-33-22)12-20(29)31-6-2/h5,7-10,13,16H,1,6,11-12,14H2,2-4H3,(H,24,25,30). The third kappa shape index (κ3) is 7.44. The average Bonchev–Trinajstić information content (AvgIpc) is 3.40. The van der Waals surface area contributed by atoms with Crippen molar-refractivity contribution in [3.8, 4) is 0 Å². The smallest absolute Gasteiger partial charge is 0.311 e. The number of thioether (sulfide) groups is 2. The minimum Gasteiger partial charge on any atom is -0.466 e. The van der Waals surface area contributed by atoms with Gasteiger partial charge in [-0.05, 0) is 32.9 Å². The molecule has 2 heterocycles. The molecule has 8 nitrogen and oxygen atoms in total. The molecule has 0 saturated carbocycles. The van der Waals surface area contributed by atoms with Crippen molar-refractivity contribution in [2.45, 2.75) is 54.8 Å². The van der Waals surface area contributed by atoms with Gasteiger partial charge in [-0.3, -0.25) is 9.59 Å². The number of aromatic nitrogens is 4. The maximum atomic E-state index is 12.7. The zero-order valence-corrected chi connectivity index (χ0v) is 21.8. The molecule has 0 saturated heterocycles. The van der Waals surface area contributed by atoms with Gasteiger partial charge in [0.25, 0.3) is 0 Å². The molecule has 1 unspecified atom stereocenters. The van der Waals surface area contributed by atoms with E-state index in [1.54, 1.807) is 37.1 Å². The van der Waals surface area contributed by atoms with Crippen LogP contribution in [0.2, 0.25) is 0 Å². The van der Waals surface area contributed by atoms with E-state index in [-0.39, 0.29) is 18.3 Å². The zero-order valence-electron chi connectivity index (χ0n) is 19.3. The number of carbonyl (C=O) groups is 2. The number of esters is 1. The Kier molecular flexibility index (Phi) is 9.73. The fourth-order valence-corrected chi connectivity index (χ4v) is 5.26. The van der Waals surface area contributed by atoms with Crippen molar-refractivity contribution in [1.29, 1.82) is 0 Å². The summed E-state index contributed by atoms with van der Waals surface area (Å²) in [5.41, 5.74) is 1.79. The number of hydrogen-bond acceptors (Lipinski definition) is 9. The lowest BCUT2D eigenvalue weighted by Crippen LogP contribution is -2.23. The first-order valence-electron chi connectivity index (χ1n) is 10.7. The summed E-state index contributed by atoms with van der Waals surface area (Å²) in [7, 11) is 0. The van der Waals surface area contributed by atoms with Crippen molar-refractivity contribution in [2.75, 3.05) is 11.9 Å². The van der Waals surface area contributed by atoms with E-state index in [2.05, 4.69) is 58.3 Å². The molecule has 0 aliphatic heterocycles. The predicted octanol–water partition coefficient (Wildman–Crippen LogP) is 4.75. The van der Waals surface area contributed by atoms with Crippen LogP contribution in [0.1, 0.15) is 30.9 Å². The Morgan fingerprint density at radius 1 is 1.29 bits per heavy atom. The van der Waals surface area contributed by atoms with Crippen LogP contribution in [-0.2, 0) is 33.0 Å². The number of benzene rings is 1. The summed E-state index contributed by atoms with van der Waals surface area (Å²) in [4.78, 5) is 29.8.